The van der Waals surface area contributed by atoms with Gasteiger partial charge in [0.15, 0.2) is 5.78 Å². The SMILES string of the molecule is CC(=O)c1cc(Br)ccc1Oc1ccc(Br)cc1[N+](=O)[O-]. The van der Waals surface area contributed by atoms with E-state index in [1.54, 1.807) is 24.3 Å². The van der Waals surface area contributed by atoms with E-state index < -0.39 is 4.92 Å². The van der Waals surface area contributed by atoms with Gasteiger partial charge in [0.2, 0.25) is 5.75 Å². The number of ether oxygens (including phenoxy) is 1. The van der Waals surface area contributed by atoms with E-state index in [-0.39, 0.29) is 23.0 Å². The van der Waals surface area contributed by atoms with Crippen molar-refractivity contribution in [3.05, 3.63) is 61.0 Å². The Morgan fingerprint density at radius 1 is 1.10 bits per heavy atom. The van der Waals surface area contributed by atoms with Gasteiger partial charge in [-0.05, 0) is 37.3 Å². The number of nitro groups is 1. The topological polar surface area (TPSA) is 69.4 Å². The van der Waals surface area contributed by atoms with Crippen molar-refractivity contribution in [2.24, 2.45) is 0 Å². The first kappa shape index (κ1) is 15.7. The van der Waals surface area contributed by atoms with Gasteiger partial charge < -0.3 is 4.74 Å². The van der Waals surface area contributed by atoms with Gasteiger partial charge in [0.25, 0.3) is 0 Å². The van der Waals surface area contributed by atoms with Gasteiger partial charge in [-0.3, -0.25) is 14.9 Å². The normalized spacial score (nSPS) is 10.2. The van der Waals surface area contributed by atoms with Crippen LogP contribution in [0, 0.1) is 10.1 Å². The molecule has 0 bridgehead atoms. The number of benzene rings is 2. The van der Waals surface area contributed by atoms with Crippen LogP contribution in [0.25, 0.3) is 0 Å². The molecule has 2 rings (SSSR count). The molecule has 2 aromatic carbocycles. The van der Waals surface area contributed by atoms with E-state index in [2.05, 4.69) is 31.9 Å². The molecule has 0 amide bonds. The highest BCUT2D eigenvalue weighted by Gasteiger charge is 2.18. The predicted octanol–water partition coefficient (Wildman–Crippen LogP) is 5.11. The van der Waals surface area contributed by atoms with Gasteiger partial charge in [0.05, 0.1) is 10.5 Å². The monoisotopic (exact) mass is 413 g/mol. The molecule has 0 radical (unpaired) electrons. The Hall–Kier alpha value is -1.73. The average molecular weight is 415 g/mol. The van der Waals surface area contributed by atoms with Crippen LogP contribution in [0.4, 0.5) is 5.69 Å². The van der Waals surface area contributed by atoms with E-state index in [9.17, 15) is 14.9 Å². The van der Waals surface area contributed by atoms with Crippen molar-refractivity contribution in [3.63, 3.8) is 0 Å². The molecule has 0 fully saturated rings. The molecule has 0 aliphatic heterocycles. The van der Waals surface area contributed by atoms with E-state index in [1.807, 2.05) is 0 Å². The molecule has 0 aliphatic carbocycles. The number of ketones is 1. The standard InChI is InChI=1S/C14H9Br2NO4/c1-8(18)11-6-9(15)2-4-13(11)21-14-5-3-10(16)7-12(14)17(19)20/h2-7H,1H3. The Balaban J connectivity index is 2.48. The Labute approximate surface area is 137 Å². The van der Waals surface area contributed by atoms with Crippen molar-refractivity contribution in [2.75, 3.05) is 0 Å². The van der Waals surface area contributed by atoms with Crippen LogP contribution < -0.4 is 4.74 Å². The zero-order valence-corrected chi connectivity index (χ0v) is 14.0. The van der Waals surface area contributed by atoms with E-state index >= 15 is 0 Å². The molecule has 0 atom stereocenters. The van der Waals surface area contributed by atoms with Crippen LogP contribution in [0.1, 0.15) is 17.3 Å². The fraction of sp³-hybridized carbons (Fsp3) is 0.0714. The lowest BCUT2D eigenvalue weighted by atomic mass is 10.1. The van der Waals surface area contributed by atoms with Crippen molar-refractivity contribution < 1.29 is 14.5 Å². The summed E-state index contributed by atoms with van der Waals surface area (Å²) in [5, 5.41) is 11.1. The summed E-state index contributed by atoms with van der Waals surface area (Å²) in [6.07, 6.45) is 0. The van der Waals surface area contributed by atoms with Crippen molar-refractivity contribution in [1.82, 2.24) is 0 Å². The van der Waals surface area contributed by atoms with Crippen molar-refractivity contribution in [1.29, 1.82) is 0 Å². The van der Waals surface area contributed by atoms with Crippen LogP contribution in [0.5, 0.6) is 11.5 Å². The summed E-state index contributed by atoms with van der Waals surface area (Å²) in [6, 6.07) is 9.37. The molecule has 0 saturated heterocycles. The number of Topliss-reactive ketones (excluding diaryl/α,β-unsaturated/α-hetero) is 1. The number of hydrogen-bond donors (Lipinski definition) is 0. The molecule has 0 spiro atoms. The van der Waals surface area contributed by atoms with Gasteiger partial charge >= 0.3 is 5.69 Å². The molecule has 21 heavy (non-hydrogen) atoms. The van der Waals surface area contributed by atoms with Crippen molar-refractivity contribution in [3.8, 4) is 11.5 Å². The van der Waals surface area contributed by atoms with Gasteiger partial charge in [0.1, 0.15) is 5.75 Å². The van der Waals surface area contributed by atoms with Crippen molar-refractivity contribution in [2.45, 2.75) is 6.92 Å². The lowest BCUT2D eigenvalue weighted by Gasteiger charge is -2.10. The lowest BCUT2D eigenvalue weighted by molar-refractivity contribution is -0.385. The average Bonchev–Trinajstić information content (AvgIpc) is 2.42. The molecule has 0 N–H and O–H groups in total. The highest BCUT2D eigenvalue weighted by molar-refractivity contribution is 9.10. The smallest absolute Gasteiger partial charge is 0.312 e. The molecule has 108 valence electrons. The fourth-order valence-corrected chi connectivity index (χ4v) is 2.41. The molecule has 5 nitrogen and oxygen atoms in total. The zero-order valence-electron chi connectivity index (χ0n) is 10.8. The molecule has 0 saturated carbocycles. The lowest BCUT2D eigenvalue weighted by Crippen LogP contribution is -1.99. The summed E-state index contributed by atoms with van der Waals surface area (Å²) in [5.41, 5.74) is 0.170. The minimum Gasteiger partial charge on any atom is -0.449 e. The number of nitro benzene ring substituents is 1. The number of carbonyl (C=O) groups excluding carboxylic acids is 1. The summed E-state index contributed by atoms with van der Waals surface area (Å²) in [4.78, 5) is 22.2. The van der Waals surface area contributed by atoms with Crippen LogP contribution in [0.15, 0.2) is 45.3 Å². The number of hydrogen-bond acceptors (Lipinski definition) is 4. The summed E-state index contributed by atoms with van der Waals surface area (Å²) < 4.78 is 6.87. The van der Waals surface area contributed by atoms with E-state index in [0.717, 1.165) is 4.47 Å². The third kappa shape index (κ3) is 3.68. The molecule has 0 heterocycles. The van der Waals surface area contributed by atoms with Crippen LogP contribution in [-0.2, 0) is 0 Å². The van der Waals surface area contributed by atoms with Crippen LogP contribution in [-0.4, -0.2) is 10.7 Å². The van der Waals surface area contributed by atoms with Crippen molar-refractivity contribution >= 4 is 43.3 Å². The fourth-order valence-electron chi connectivity index (χ4n) is 1.70. The van der Waals surface area contributed by atoms with Gasteiger partial charge in [-0.2, -0.15) is 0 Å². The minimum atomic E-state index is -0.535. The van der Waals surface area contributed by atoms with Crippen LogP contribution >= 0.6 is 31.9 Å². The first-order valence-corrected chi connectivity index (χ1v) is 7.39. The van der Waals surface area contributed by atoms with E-state index in [4.69, 9.17) is 4.74 Å². The molecule has 0 aromatic heterocycles. The maximum atomic E-state index is 11.6. The molecular weight excluding hydrogens is 406 g/mol. The first-order valence-electron chi connectivity index (χ1n) is 5.81. The predicted molar refractivity (Wildman–Crippen MR) is 85.0 cm³/mol. The summed E-state index contributed by atoms with van der Waals surface area (Å²) in [5.74, 6) is 0.162. The zero-order chi connectivity index (χ0) is 15.6. The number of halogens is 2. The molecule has 0 unspecified atom stereocenters. The summed E-state index contributed by atoms with van der Waals surface area (Å²) in [6.45, 7) is 1.41. The highest BCUT2D eigenvalue weighted by Crippen LogP contribution is 2.35. The van der Waals surface area contributed by atoms with Gasteiger partial charge in [-0.1, -0.05) is 31.9 Å². The number of carbonyl (C=O) groups is 1. The quantitative estimate of drug-likeness (QED) is 0.395. The Morgan fingerprint density at radius 2 is 1.67 bits per heavy atom. The molecule has 2 aromatic rings. The Kier molecular flexibility index (Phi) is 4.74. The second-order valence-electron chi connectivity index (χ2n) is 4.17. The van der Waals surface area contributed by atoms with E-state index in [0.29, 0.717) is 10.0 Å². The van der Waals surface area contributed by atoms with Crippen LogP contribution in [0.3, 0.4) is 0 Å². The maximum absolute atomic E-state index is 11.6. The second-order valence-corrected chi connectivity index (χ2v) is 6.00. The van der Waals surface area contributed by atoms with Crippen LogP contribution in [0.2, 0.25) is 0 Å². The maximum Gasteiger partial charge on any atom is 0.312 e. The second kappa shape index (κ2) is 6.36. The third-order valence-corrected chi connectivity index (χ3v) is 3.65. The molecule has 7 heteroatoms. The largest absolute Gasteiger partial charge is 0.449 e. The van der Waals surface area contributed by atoms with Gasteiger partial charge in [-0.15, -0.1) is 0 Å². The highest BCUT2D eigenvalue weighted by atomic mass is 79.9. The molecular formula is C14H9Br2NO4. The minimum absolute atomic E-state index is 0.0769. The van der Waals surface area contributed by atoms with Gasteiger partial charge in [-0.25, -0.2) is 0 Å². The third-order valence-electron chi connectivity index (χ3n) is 2.66. The summed E-state index contributed by atoms with van der Waals surface area (Å²) >= 11 is 6.45. The van der Waals surface area contributed by atoms with Gasteiger partial charge in [0, 0.05) is 15.0 Å². The van der Waals surface area contributed by atoms with E-state index in [1.165, 1.54) is 19.1 Å². The first-order chi connectivity index (χ1) is 9.88. The molecule has 0 aliphatic rings. The Bertz CT molecular complexity index is 669. The number of rotatable bonds is 4. The summed E-state index contributed by atoms with van der Waals surface area (Å²) in [7, 11) is 0. The number of nitrogens with zero attached hydrogens (tertiary/aromatic N) is 1. The Morgan fingerprint density at radius 3 is 2.24 bits per heavy atom.